The van der Waals surface area contributed by atoms with E-state index < -0.39 is 0 Å². The van der Waals surface area contributed by atoms with E-state index in [-0.39, 0.29) is 24.4 Å². The molecule has 0 bridgehead atoms. The van der Waals surface area contributed by atoms with Gasteiger partial charge in [-0.15, -0.1) is 0 Å². The van der Waals surface area contributed by atoms with Crippen LogP contribution in [0.5, 0.6) is 5.75 Å². The molecule has 0 fully saturated rings. The zero-order chi connectivity index (χ0) is 17.2. The molecule has 0 saturated carbocycles. The topological polar surface area (TPSA) is 83.2 Å². The highest BCUT2D eigenvalue weighted by Gasteiger charge is 2.25. The van der Waals surface area contributed by atoms with Crippen LogP contribution in [0.15, 0.2) is 54.6 Å². The van der Waals surface area contributed by atoms with Crippen molar-refractivity contribution in [1.29, 1.82) is 0 Å². The summed E-state index contributed by atoms with van der Waals surface area (Å²) in [6.07, 6.45) is 0. The minimum atomic E-state index is -0.311. The largest absolute Gasteiger partial charge is 0.491 e. The van der Waals surface area contributed by atoms with Crippen LogP contribution in [-0.2, 0) is 4.79 Å². The van der Waals surface area contributed by atoms with Gasteiger partial charge in [-0.2, -0.15) is 0 Å². The second-order valence-corrected chi connectivity index (χ2v) is 5.92. The molecule has 25 heavy (non-hydrogen) atoms. The smallest absolute Gasteiger partial charge is 0.268 e. The second kappa shape index (κ2) is 6.32. The van der Waals surface area contributed by atoms with Gasteiger partial charge in [0.2, 0.25) is 5.91 Å². The Morgan fingerprint density at radius 2 is 1.92 bits per heavy atom. The normalized spacial score (nSPS) is 15.4. The van der Waals surface area contributed by atoms with Gasteiger partial charge < -0.3 is 20.4 Å². The fourth-order valence-corrected chi connectivity index (χ4v) is 2.98. The minimum absolute atomic E-state index is 0.0904. The minimum Gasteiger partial charge on any atom is -0.491 e. The lowest BCUT2D eigenvalue weighted by atomic mass is 10.1. The van der Waals surface area contributed by atoms with Gasteiger partial charge in [0, 0.05) is 16.5 Å². The molecular weight excluding hydrogens is 318 g/mol. The Balaban J connectivity index is 1.35. The summed E-state index contributed by atoms with van der Waals surface area (Å²) in [7, 11) is 0. The number of para-hydroxylation sites is 2. The zero-order valence-electron chi connectivity index (χ0n) is 13.4. The van der Waals surface area contributed by atoms with Crippen LogP contribution in [0.4, 0.5) is 0 Å². The predicted octanol–water partition coefficient (Wildman–Crippen LogP) is 2.15. The number of rotatable bonds is 4. The molecule has 0 aliphatic carbocycles. The Labute approximate surface area is 144 Å². The molecule has 2 amide bonds. The van der Waals surface area contributed by atoms with Crippen molar-refractivity contribution in [2.24, 2.45) is 0 Å². The Morgan fingerprint density at radius 1 is 1.12 bits per heavy atom. The van der Waals surface area contributed by atoms with Crippen LogP contribution < -0.4 is 15.4 Å². The van der Waals surface area contributed by atoms with Crippen molar-refractivity contribution in [3.05, 3.63) is 65.9 Å². The number of aromatic amines is 1. The fourth-order valence-electron chi connectivity index (χ4n) is 2.98. The van der Waals surface area contributed by atoms with E-state index in [1.807, 2.05) is 48.5 Å². The molecule has 1 atom stereocenters. The summed E-state index contributed by atoms with van der Waals surface area (Å²) in [4.78, 5) is 27.4. The van der Waals surface area contributed by atoms with Crippen molar-refractivity contribution in [3.63, 3.8) is 0 Å². The molecule has 3 N–H and O–H groups in total. The molecule has 4 rings (SSSR count). The quantitative estimate of drug-likeness (QED) is 0.683. The number of H-pyrrole nitrogens is 1. The van der Waals surface area contributed by atoms with Crippen molar-refractivity contribution in [3.8, 4) is 5.75 Å². The van der Waals surface area contributed by atoms with E-state index in [1.165, 1.54) is 0 Å². The standard InChI is InChI=1S/C19H17N3O3/c23-18(22-16-11-25-17-8-4-2-6-13(16)17)10-20-19(24)15-9-12-5-1-3-7-14(12)21-15/h1-9,16,21H,10-11H2,(H,20,24)(H,22,23)/t16-/m0/s1. The third kappa shape index (κ3) is 3.06. The Kier molecular flexibility index (Phi) is 3.85. The fraction of sp³-hybridized carbons (Fsp3) is 0.158. The number of hydrogen-bond donors (Lipinski definition) is 3. The van der Waals surface area contributed by atoms with Gasteiger partial charge in [0.25, 0.3) is 5.91 Å². The van der Waals surface area contributed by atoms with Crippen molar-refractivity contribution in [2.45, 2.75) is 6.04 Å². The number of carbonyl (C=O) groups is 2. The van der Waals surface area contributed by atoms with E-state index in [9.17, 15) is 9.59 Å². The van der Waals surface area contributed by atoms with Crippen LogP contribution in [0, 0.1) is 0 Å². The maximum absolute atomic E-state index is 12.2. The van der Waals surface area contributed by atoms with Crippen LogP contribution >= 0.6 is 0 Å². The van der Waals surface area contributed by atoms with Crippen molar-refractivity contribution >= 4 is 22.7 Å². The first-order chi connectivity index (χ1) is 12.2. The number of hydrogen-bond acceptors (Lipinski definition) is 3. The maximum atomic E-state index is 12.2. The molecule has 1 aromatic heterocycles. The summed E-state index contributed by atoms with van der Waals surface area (Å²) in [5.74, 6) is 0.221. The number of aromatic nitrogens is 1. The monoisotopic (exact) mass is 335 g/mol. The highest BCUT2D eigenvalue weighted by molar-refractivity contribution is 5.99. The van der Waals surface area contributed by atoms with Gasteiger partial charge >= 0.3 is 0 Å². The van der Waals surface area contributed by atoms with E-state index in [2.05, 4.69) is 15.6 Å². The first-order valence-corrected chi connectivity index (χ1v) is 8.08. The molecule has 3 aromatic rings. The van der Waals surface area contributed by atoms with E-state index in [4.69, 9.17) is 4.74 Å². The van der Waals surface area contributed by atoms with Gasteiger partial charge in [-0.1, -0.05) is 36.4 Å². The predicted molar refractivity (Wildman–Crippen MR) is 93.5 cm³/mol. The Morgan fingerprint density at radius 3 is 2.80 bits per heavy atom. The maximum Gasteiger partial charge on any atom is 0.268 e. The molecule has 0 saturated heterocycles. The molecule has 2 heterocycles. The summed E-state index contributed by atoms with van der Waals surface area (Å²) < 4.78 is 5.53. The van der Waals surface area contributed by atoms with E-state index in [1.54, 1.807) is 6.07 Å². The van der Waals surface area contributed by atoms with Crippen molar-refractivity contribution in [2.75, 3.05) is 13.2 Å². The van der Waals surface area contributed by atoms with E-state index in [0.29, 0.717) is 12.3 Å². The van der Waals surface area contributed by atoms with Gasteiger partial charge in [-0.05, 0) is 18.2 Å². The number of amides is 2. The molecule has 0 unspecified atom stereocenters. The summed E-state index contributed by atoms with van der Waals surface area (Å²) >= 11 is 0. The molecule has 0 spiro atoms. The summed E-state index contributed by atoms with van der Waals surface area (Å²) in [6, 6.07) is 16.8. The van der Waals surface area contributed by atoms with Crippen molar-refractivity contribution in [1.82, 2.24) is 15.6 Å². The lowest BCUT2D eigenvalue weighted by Crippen LogP contribution is -2.39. The van der Waals surface area contributed by atoms with Crippen LogP contribution in [0.2, 0.25) is 0 Å². The van der Waals surface area contributed by atoms with Crippen LogP contribution in [-0.4, -0.2) is 29.9 Å². The molecule has 1 aliphatic heterocycles. The van der Waals surface area contributed by atoms with Gasteiger partial charge in [0.1, 0.15) is 18.1 Å². The molecule has 0 radical (unpaired) electrons. The Hall–Kier alpha value is -3.28. The third-order valence-corrected chi connectivity index (χ3v) is 4.22. The number of ether oxygens (including phenoxy) is 1. The number of nitrogens with one attached hydrogen (secondary N) is 3. The summed E-state index contributed by atoms with van der Waals surface area (Å²) in [5, 5.41) is 6.47. The van der Waals surface area contributed by atoms with Gasteiger partial charge in [-0.3, -0.25) is 9.59 Å². The zero-order valence-corrected chi connectivity index (χ0v) is 13.4. The van der Waals surface area contributed by atoms with Crippen LogP contribution in [0.3, 0.4) is 0 Å². The molecule has 126 valence electrons. The van der Waals surface area contributed by atoms with Gasteiger partial charge in [0.05, 0.1) is 12.6 Å². The lowest BCUT2D eigenvalue weighted by molar-refractivity contribution is -0.120. The highest BCUT2D eigenvalue weighted by atomic mass is 16.5. The highest BCUT2D eigenvalue weighted by Crippen LogP contribution is 2.31. The molecule has 2 aromatic carbocycles. The van der Waals surface area contributed by atoms with Crippen LogP contribution in [0.25, 0.3) is 10.9 Å². The molecule has 6 nitrogen and oxygen atoms in total. The molecule has 6 heteroatoms. The van der Waals surface area contributed by atoms with E-state index >= 15 is 0 Å². The van der Waals surface area contributed by atoms with Gasteiger partial charge in [0.15, 0.2) is 0 Å². The van der Waals surface area contributed by atoms with Crippen molar-refractivity contribution < 1.29 is 14.3 Å². The average molecular weight is 335 g/mol. The molecular formula is C19H17N3O3. The summed E-state index contributed by atoms with van der Waals surface area (Å²) in [5.41, 5.74) is 2.28. The molecule has 1 aliphatic rings. The first-order valence-electron chi connectivity index (χ1n) is 8.08. The third-order valence-electron chi connectivity index (χ3n) is 4.22. The van der Waals surface area contributed by atoms with Crippen LogP contribution in [0.1, 0.15) is 22.1 Å². The Bertz CT molecular complexity index is 915. The first kappa shape index (κ1) is 15.3. The number of carbonyl (C=O) groups excluding carboxylic acids is 2. The van der Waals surface area contributed by atoms with E-state index in [0.717, 1.165) is 22.2 Å². The number of fused-ring (bicyclic) bond motifs is 2. The second-order valence-electron chi connectivity index (χ2n) is 5.92. The lowest BCUT2D eigenvalue weighted by Gasteiger charge is -2.12. The SMILES string of the molecule is O=C(CNC(=O)c1cc2ccccc2[nH]1)N[C@H]1COc2ccccc21. The average Bonchev–Trinajstić information content (AvgIpc) is 3.24. The number of benzene rings is 2. The van der Waals surface area contributed by atoms with Gasteiger partial charge in [-0.25, -0.2) is 0 Å². The summed E-state index contributed by atoms with van der Waals surface area (Å²) in [6.45, 7) is 0.313.